The van der Waals surface area contributed by atoms with Gasteiger partial charge in [0.25, 0.3) is 0 Å². The number of aliphatic imine (C=N–C) groups is 1. The summed E-state index contributed by atoms with van der Waals surface area (Å²) < 4.78 is 1.74. The number of nitrogens with zero attached hydrogens (tertiary/aromatic N) is 5. The Bertz CT molecular complexity index is 857. The van der Waals surface area contributed by atoms with Gasteiger partial charge in [-0.1, -0.05) is 30.3 Å². The van der Waals surface area contributed by atoms with Crippen molar-refractivity contribution in [2.45, 2.75) is 20.0 Å². The lowest BCUT2D eigenvalue weighted by Crippen LogP contribution is -2.36. The number of guanidine groups is 1. The normalized spacial score (nSPS) is 11.1. The Kier molecular flexibility index (Phi) is 7.51. The van der Waals surface area contributed by atoms with Crippen molar-refractivity contribution in [3.63, 3.8) is 0 Å². The molecule has 2 aromatic heterocycles. The standard InChI is InChI=1S/C17H21N7S.HI/c1-12-14(25-16(23-12)13-7-5-4-6-8-13)9-19-17(18-2)20-10-15-21-11-22-24(15)3;/h4-8,11H,9-10H2,1-3H3,(H2,18,19,20);1H. The van der Waals surface area contributed by atoms with E-state index in [9.17, 15) is 0 Å². The van der Waals surface area contributed by atoms with Crippen molar-refractivity contribution in [1.82, 2.24) is 30.4 Å². The zero-order chi connectivity index (χ0) is 17.6. The second-order valence-electron chi connectivity index (χ2n) is 5.47. The van der Waals surface area contributed by atoms with Crippen LogP contribution in [0.4, 0.5) is 0 Å². The Balaban J connectivity index is 0.00000243. The maximum absolute atomic E-state index is 4.68. The molecular formula is C17H22IN7S. The third kappa shape index (κ3) is 5.01. The molecule has 0 atom stereocenters. The maximum atomic E-state index is 4.68. The van der Waals surface area contributed by atoms with Crippen molar-refractivity contribution in [3.05, 3.63) is 53.1 Å². The summed E-state index contributed by atoms with van der Waals surface area (Å²) in [4.78, 5) is 14.3. The first-order chi connectivity index (χ1) is 12.2. The van der Waals surface area contributed by atoms with Gasteiger partial charge in [-0.3, -0.25) is 9.67 Å². The van der Waals surface area contributed by atoms with Crippen molar-refractivity contribution >= 4 is 41.3 Å². The van der Waals surface area contributed by atoms with E-state index in [1.54, 1.807) is 29.4 Å². The van der Waals surface area contributed by atoms with Gasteiger partial charge in [-0.15, -0.1) is 35.3 Å². The van der Waals surface area contributed by atoms with E-state index in [1.807, 2.05) is 32.2 Å². The van der Waals surface area contributed by atoms with E-state index in [-0.39, 0.29) is 24.0 Å². The predicted molar refractivity (Wildman–Crippen MR) is 116 cm³/mol. The monoisotopic (exact) mass is 483 g/mol. The Morgan fingerprint density at radius 2 is 1.92 bits per heavy atom. The van der Waals surface area contributed by atoms with Gasteiger partial charge in [-0.05, 0) is 6.92 Å². The molecule has 0 unspecified atom stereocenters. The first kappa shape index (κ1) is 20.3. The SMILES string of the molecule is CN=C(NCc1sc(-c2ccccc2)nc1C)NCc1ncnn1C.I. The molecule has 2 heterocycles. The summed E-state index contributed by atoms with van der Waals surface area (Å²) in [7, 11) is 3.62. The molecule has 0 amide bonds. The summed E-state index contributed by atoms with van der Waals surface area (Å²) in [6.07, 6.45) is 1.54. The summed E-state index contributed by atoms with van der Waals surface area (Å²) in [5.41, 5.74) is 2.19. The van der Waals surface area contributed by atoms with E-state index in [2.05, 4.69) is 42.8 Å². The van der Waals surface area contributed by atoms with Gasteiger partial charge in [0, 0.05) is 24.5 Å². The quantitative estimate of drug-likeness (QED) is 0.332. The molecule has 26 heavy (non-hydrogen) atoms. The summed E-state index contributed by atoms with van der Waals surface area (Å²) in [6, 6.07) is 10.2. The summed E-state index contributed by atoms with van der Waals surface area (Å²) in [6.45, 7) is 3.28. The highest BCUT2D eigenvalue weighted by molar-refractivity contribution is 14.0. The third-order valence-electron chi connectivity index (χ3n) is 3.77. The Labute approximate surface area is 174 Å². The lowest BCUT2D eigenvalue weighted by atomic mass is 10.2. The molecule has 0 aliphatic carbocycles. The van der Waals surface area contributed by atoms with Gasteiger partial charge in [0.2, 0.25) is 0 Å². The van der Waals surface area contributed by atoms with Crippen LogP contribution in [0.1, 0.15) is 16.4 Å². The molecule has 0 saturated heterocycles. The van der Waals surface area contributed by atoms with Gasteiger partial charge in [0.05, 0.1) is 18.8 Å². The smallest absolute Gasteiger partial charge is 0.191 e. The highest BCUT2D eigenvalue weighted by atomic mass is 127. The number of hydrogen-bond acceptors (Lipinski definition) is 5. The van der Waals surface area contributed by atoms with E-state index < -0.39 is 0 Å². The molecule has 3 rings (SSSR count). The number of rotatable bonds is 5. The number of nitrogens with one attached hydrogen (secondary N) is 2. The van der Waals surface area contributed by atoms with Crippen LogP contribution < -0.4 is 10.6 Å². The largest absolute Gasteiger partial charge is 0.351 e. The number of halogens is 1. The Morgan fingerprint density at radius 3 is 2.58 bits per heavy atom. The number of thiazole rings is 1. The second kappa shape index (κ2) is 9.62. The summed E-state index contributed by atoms with van der Waals surface area (Å²) in [5, 5.41) is 11.7. The minimum atomic E-state index is 0. The molecule has 0 spiro atoms. The van der Waals surface area contributed by atoms with Crippen LogP contribution in [-0.4, -0.2) is 32.8 Å². The van der Waals surface area contributed by atoms with Crippen molar-refractivity contribution in [1.29, 1.82) is 0 Å². The highest BCUT2D eigenvalue weighted by Crippen LogP contribution is 2.27. The van der Waals surface area contributed by atoms with Crippen LogP contribution in [0.2, 0.25) is 0 Å². The molecule has 0 aliphatic heterocycles. The molecule has 0 radical (unpaired) electrons. The Morgan fingerprint density at radius 1 is 1.19 bits per heavy atom. The molecule has 9 heteroatoms. The first-order valence-electron chi connectivity index (χ1n) is 7.96. The van der Waals surface area contributed by atoms with Gasteiger partial charge in [0.15, 0.2) is 5.96 Å². The molecule has 0 aliphatic rings. The van der Waals surface area contributed by atoms with Crippen LogP contribution in [0, 0.1) is 6.92 Å². The minimum Gasteiger partial charge on any atom is -0.351 e. The molecule has 2 N–H and O–H groups in total. The molecular weight excluding hydrogens is 461 g/mol. The lowest BCUT2D eigenvalue weighted by molar-refractivity contribution is 0.673. The van der Waals surface area contributed by atoms with Gasteiger partial charge in [-0.2, -0.15) is 5.10 Å². The maximum Gasteiger partial charge on any atom is 0.191 e. The summed E-state index contributed by atoms with van der Waals surface area (Å²) in [5.74, 6) is 1.57. The van der Waals surface area contributed by atoms with Crippen molar-refractivity contribution in [3.8, 4) is 10.6 Å². The zero-order valence-corrected chi connectivity index (χ0v) is 18.1. The van der Waals surface area contributed by atoms with E-state index in [4.69, 9.17) is 0 Å². The molecule has 0 saturated carbocycles. The molecule has 0 fully saturated rings. The van der Waals surface area contributed by atoms with Crippen LogP contribution >= 0.6 is 35.3 Å². The van der Waals surface area contributed by atoms with Crippen molar-refractivity contribution in [2.24, 2.45) is 12.0 Å². The van der Waals surface area contributed by atoms with Crippen LogP contribution in [0.3, 0.4) is 0 Å². The molecule has 3 aromatic rings. The minimum absolute atomic E-state index is 0. The third-order valence-corrected chi connectivity index (χ3v) is 4.98. The fraction of sp³-hybridized carbons (Fsp3) is 0.294. The molecule has 0 bridgehead atoms. The first-order valence-corrected chi connectivity index (χ1v) is 8.78. The van der Waals surface area contributed by atoms with Crippen LogP contribution in [0.5, 0.6) is 0 Å². The number of benzene rings is 1. The van der Waals surface area contributed by atoms with Gasteiger partial charge in [-0.25, -0.2) is 9.97 Å². The highest BCUT2D eigenvalue weighted by Gasteiger charge is 2.10. The van der Waals surface area contributed by atoms with Crippen LogP contribution in [-0.2, 0) is 20.1 Å². The van der Waals surface area contributed by atoms with Crippen molar-refractivity contribution in [2.75, 3.05) is 7.05 Å². The zero-order valence-electron chi connectivity index (χ0n) is 14.9. The molecule has 1 aromatic carbocycles. The average molecular weight is 483 g/mol. The van der Waals surface area contributed by atoms with Crippen molar-refractivity contribution < 1.29 is 0 Å². The van der Waals surface area contributed by atoms with Gasteiger partial charge in [0.1, 0.15) is 17.2 Å². The summed E-state index contributed by atoms with van der Waals surface area (Å²) >= 11 is 1.70. The fourth-order valence-corrected chi connectivity index (χ4v) is 3.33. The molecule has 138 valence electrons. The van der Waals surface area contributed by atoms with E-state index in [0.717, 1.165) is 28.0 Å². The van der Waals surface area contributed by atoms with Crippen LogP contribution in [0.15, 0.2) is 41.7 Å². The Hall–Kier alpha value is -2.01. The predicted octanol–water partition coefficient (Wildman–Crippen LogP) is 2.73. The number of aryl methyl sites for hydroxylation is 2. The van der Waals surface area contributed by atoms with Crippen LogP contribution in [0.25, 0.3) is 10.6 Å². The van der Waals surface area contributed by atoms with E-state index in [1.165, 1.54) is 4.88 Å². The van der Waals surface area contributed by atoms with Gasteiger partial charge < -0.3 is 10.6 Å². The number of hydrogen-bond donors (Lipinski definition) is 2. The second-order valence-corrected chi connectivity index (χ2v) is 6.56. The average Bonchev–Trinajstić information content (AvgIpc) is 3.21. The van der Waals surface area contributed by atoms with E-state index >= 15 is 0 Å². The number of aromatic nitrogens is 4. The lowest BCUT2D eigenvalue weighted by Gasteiger charge is -2.10. The van der Waals surface area contributed by atoms with E-state index in [0.29, 0.717) is 13.1 Å². The fourth-order valence-electron chi connectivity index (χ4n) is 2.32. The van der Waals surface area contributed by atoms with Gasteiger partial charge >= 0.3 is 0 Å². The molecule has 7 nitrogen and oxygen atoms in total. The topological polar surface area (TPSA) is 80.0 Å².